The number of nitriles is 1. The number of ether oxygens (including phenoxy) is 1. The summed E-state index contributed by atoms with van der Waals surface area (Å²) in [5.74, 6) is -3.83. The Morgan fingerprint density at radius 3 is 2.73 bits per heavy atom. The molecular weight excluding hydrogens is 530 g/mol. The number of nitrogens with one attached hydrogen (secondary N) is 2. The molecule has 0 unspecified atom stereocenters. The van der Waals surface area contributed by atoms with Crippen LogP contribution in [0.15, 0.2) is 57.5 Å². The van der Waals surface area contributed by atoms with Crippen LogP contribution in [0.2, 0.25) is 5.02 Å². The van der Waals surface area contributed by atoms with E-state index < -0.39 is 23.7 Å². The first-order valence-corrected chi connectivity index (χ1v) is 11.9. The number of nitrogens with zero attached hydrogens (tertiary/aromatic N) is 1. The molecule has 1 aliphatic rings. The van der Waals surface area contributed by atoms with Crippen LogP contribution in [0, 0.1) is 24.2 Å². The van der Waals surface area contributed by atoms with Crippen LogP contribution in [0.5, 0.6) is 0 Å². The van der Waals surface area contributed by atoms with E-state index in [1.165, 1.54) is 7.11 Å². The Labute approximate surface area is 208 Å². The molecule has 0 spiro atoms. The van der Waals surface area contributed by atoms with Crippen molar-refractivity contribution >= 4 is 62.8 Å². The monoisotopic (exact) mass is 547 g/mol. The third-order valence-corrected chi connectivity index (χ3v) is 6.76. The number of rotatable bonds is 6. The number of carbonyl (C=O) groups is 3. The zero-order chi connectivity index (χ0) is 24.1. The minimum Gasteiger partial charge on any atom is -0.468 e. The van der Waals surface area contributed by atoms with Gasteiger partial charge in [0, 0.05) is 21.1 Å². The minimum atomic E-state index is -1.23. The lowest BCUT2D eigenvalue weighted by Gasteiger charge is -2.31. The second-order valence-corrected chi connectivity index (χ2v) is 9.51. The average molecular weight is 549 g/mol. The van der Waals surface area contributed by atoms with Gasteiger partial charge in [0.2, 0.25) is 11.8 Å². The van der Waals surface area contributed by atoms with Crippen LogP contribution in [0.25, 0.3) is 0 Å². The molecule has 7 nitrogen and oxygen atoms in total. The Morgan fingerprint density at radius 1 is 1.30 bits per heavy atom. The van der Waals surface area contributed by atoms with Crippen molar-refractivity contribution in [2.45, 2.75) is 12.8 Å². The summed E-state index contributed by atoms with van der Waals surface area (Å²) < 4.78 is 5.56. The Balaban J connectivity index is 1.90. The molecule has 170 valence electrons. The Bertz CT molecular complexity index is 1190. The van der Waals surface area contributed by atoms with Gasteiger partial charge in [-0.05, 0) is 42.3 Å². The second-order valence-electron chi connectivity index (χ2n) is 7.17. The van der Waals surface area contributed by atoms with Crippen molar-refractivity contribution in [2.75, 3.05) is 18.2 Å². The number of thioether (sulfide) groups is 1. The topological polar surface area (TPSA) is 108 Å². The van der Waals surface area contributed by atoms with Gasteiger partial charge in [0.15, 0.2) is 0 Å². The molecule has 0 radical (unpaired) electrons. The molecule has 3 rings (SSSR count). The van der Waals surface area contributed by atoms with Crippen molar-refractivity contribution in [3.63, 3.8) is 0 Å². The maximum absolute atomic E-state index is 12.9. The average Bonchev–Trinajstić information content (AvgIpc) is 2.79. The lowest BCUT2D eigenvalue weighted by Crippen LogP contribution is -2.44. The Kier molecular flexibility index (Phi) is 8.19. The summed E-state index contributed by atoms with van der Waals surface area (Å²) in [6, 6.07) is 14.3. The first-order chi connectivity index (χ1) is 15.7. The first-order valence-electron chi connectivity index (χ1n) is 9.72. The van der Waals surface area contributed by atoms with Gasteiger partial charge in [0.25, 0.3) is 0 Å². The quantitative estimate of drug-likeness (QED) is 0.406. The molecule has 0 fully saturated rings. The molecule has 1 heterocycles. The largest absolute Gasteiger partial charge is 0.468 e. The van der Waals surface area contributed by atoms with Crippen LogP contribution in [0.1, 0.15) is 17.0 Å². The van der Waals surface area contributed by atoms with Crippen LogP contribution in [0.4, 0.5) is 5.69 Å². The van der Waals surface area contributed by atoms with Crippen molar-refractivity contribution in [3.8, 4) is 6.07 Å². The molecule has 2 amide bonds. The van der Waals surface area contributed by atoms with E-state index in [1.54, 1.807) is 42.5 Å². The predicted molar refractivity (Wildman–Crippen MR) is 130 cm³/mol. The fourth-order valence-corrected chi connectivity index (χ4v) is 4.87. The van der Waals surface area contributed by atoms with E-state index in [-0.39, 0.29) is 22.3 Å². The van der Waals surface area contributed by atoms with Gasteiger partial charge in [0.05, 0.1) is 29.5 Å². The highest BCUT2D eigenvalue weighted by molar-refractivity contribution is 9.10. The molecule has 0 bridgehead atoms. The van der Waals surface area contributed by atoms with Crippen LogP contribution in [0.3, 0.4) is 0 Å². The van der Waals surface area contributed by atoms with Crippen molar-refractivity contribution in [1.29, 1.82) is 5.26 Å². The zero-order valence-corrected chi connectivity index (χ0v) is 20.8. The SMILES string of the molecule is COC(=O)[C@@H]1C(=O)NC(SCC(=O)Nc2cc(Cl)ccc2C)=C(C#N)[C@H]1c1cccc(Br)c1. The number of benzene rings is 2. The van der Waals surface area contributed by atoms with Gasteiger partial charge in [-0.1, -0.05) is 57.5 Å². The van der Waals surface area contributed by atoms with E-state index >= 15 is 0 Å². The van der Waals surface area contributed by atoms with Gasteiger partial charge in [-0.15, -0.1) is 0 Å². The minimum absolute atomic E-state index is 0.0686. The Hall–Kier alpha value is -2.80. The van der Waals surface area contributed by atoms with E-state index in [9.17, 15) is 19.6 Å². The van der Waals surface area contributed by atoms with E-state index in [2.05, 4.69) is 32.6 Å². The molecule has 10 heteroatoms. The highest BCUT2D eigenvalue weighted by Crippen LogP contribution is 2.40. The highest BCUT2D eigenvalue weighted by Gasteiger charge is 2.44. The van der Waals surface area contributed by atoms with Crippen molar-refractivity contribution in [1.82, 2.24) is 5.32 Å². The van der Waals surface area contributed by atoms with Crippen molar-refractivity contribution in [2.24, 2.45) is 5.92 Å². The number of esters is 1. The molecule has 0 saturated heterocycles. The van der Waals surface area contributed by atoms with Gasteiger partial charge >= 0.3 is 5.97 Å². The van der Waals surface area contributed by atoms with Gasteiger partial charge in [-0.25, -0.2) is 0 Å². The summed E-state index contributed by atoms with van der Waals surface area (Å²) in [5.41, 5.74) is 2.20. The summed E-state index contributed by atoms with van der Waals surface area (Å²) >= 11 is 10.4. The number of amides is 2. The molecule has 2 N–H and O–H groups in total. The molecule has 0 saturated carbocycles. The van der Waals surface area contributed by atoms with Gasteiger partial charge < -0.3 is 15.4 Å². The standard InChI is InChI=1S/C23H19BrClN3O4S/c1-12-6-7-15(25)9-17(12)27-18(29)11-33-22-16(10-26)19(13-4-3-5-14(24)8-13)20(21(30)28-22)23(31)32-2/h3-9,19-20H,11H2,1-2H3,(H,27,29)(H,28,30)/t19-,20+/m1/s1. The summed E-state index contributed by atoms with van der Waals surface area (Å²) in [4.78, 5) is 37.8. The molecule has 2 aromatic carbocycles. The summed E-state index contributed by atoms with van der Waals surface area (Å²) in [5, 5.41) is 16.0. The number of allylic oxidation sites excluding steroid dienone is 1. The summed E-state index contributed by atoms with van der Waals surface area (Å²) in [6.07, 6.45) is 0. The lowest BCUT2D eigenvalue weighted by molar-refractivity contribution is -0.150. The van der Waals surface area contributed by atoms with Gasteiger partial charge in [0.1, 0.15) is 5.92 Å². The smallest absolute Gasteiger partial charge is 0.319 e. The van der Waals surface area contributed by atoms with Crippen molar-refractivity contribution in [3.05, 3.63) is 73.7 Å². The maximum atomic E-state index is 12.9. The number of aryl methyl sites for hydroxylation is 1. The second kappa shape index (κ2) is 10.9. The number of hydrogen-bond donors (Lipinski definition) is 2. The third kappa shape index (κ3) is 5.77. The highest BCUT2D eigenvalue weighted by atomic mass is 79.9. The third-order valence-electron chi connectivity index (χ3n) is 5.01. The molecule has 33 heavy (non-hydrogen) atoms. The number of anilines is 1. The normalized spacial score (nSPS) is 17.7. The van der Waals surface area contributed by atoms with Crippen molar-refractivity contribution < 1.29 is 19.1 Å². The number of halogens is 2. The van der Waals surface area contributed by atoms with Crippen LogP contribution in [-0.4, -0.2) is 30.6 Å². The van der Waals surface area contributed by atoms with E-state index in [4.69, 9.17) is 16.3 Å². The molecular formula is C23H19BrClN3O4S. The van der Waals surface area contributed by atoms with E-state index in [1.807, 2.05) is 6.92 Å². The molecule has 2 aromatic rings. The molecule has 2 atom stereocenters. The summed E-state index contributed by atoms with van der Waals surface area (Å²) in [7, 11) is 1.19. The van der Waals surface area contributed by atoms with E-state index in [0.717, 1.165) is 21.8 Å². The Morgan fingerprint density at radius 2 is 2.06 bits per heavy atom. The fraction of sp³-hybridized carbons (Fsp3) is 0.217. The van der Waals surface area contributed by atoms with Gasteiger partial charge in [-0.3, -0.25) is 14.4 Å². The zero-order valence-electron chi connectivity index (χ0n) is 17.6. The summed E-state index contributed by atoms with van der Waals surface area (Å²) in [6.45, 7) is 1.84. The van der Waals surface area contributed by atoms with Crippen LogP contribution in [-0.2, 0) is 19.1 Å². The molecule has 0 aliphatic carbocycles. The first kappa shape index (κ1) is 24.8. The van der Waals surface area contributed by atoms with Gasteiger partial charge in [-0.2, -0.15) is 5.26 Å². The number of hydrogen-bond acceptors (Lipinski definition) is 6. The number of methoxy groups -OCH3 is 1. The fourth-order valence-electron chi connectivity index (χ4n) is 3.43. The van der Waals surface area contributed by atoms with Crippen LogP contribution < -0.4 is 10.6 Å². The number of carbonyl (C=O) groups excluding carboxylic acids is 3. The lowest BCUT2D eigenvalue weighted by atomic mass is 9.78. The maximum Gasteiger partial charge on any atom is 0.319 e. The predicted octanol–water partition coefficient (Wildman–Crippen LogP) is 4.52. The molecule has 1 aliphatic heterocycles. The van der Waals surface area contributed by atoms with E-state index in [0.29, 0.717) is 16.3 Å². The molecule has 0 aromatic heterocycles. The van der Waals surface area contributed by atoms with Crippen LogP contribution >= 0.6 is 39.3 Å².